The van der Waals surface area contributed by atoms with Crippen molar-refractivity contribution in [1.29, 1.82) is 0 Å². The van der Waals surface area contributed by atoms with Gasteiger partial charge in [-0.2, -0.15) is 0 Å². The molecule has 1 atom stereocenters. The lowest BCUT2D eigenvalue weighted by molar-refractivity contribution is -0.117. The molecule has 0 spiro atoms. The maximum atomic E-state index is 12.0. The molecule has 0 saturated heterocycles. The maximum Gasteiger partial charge on any atom is 0.316 e. The smallest absolute Gasteiger partial charge is 0.316 e. The number of hydrogen-bond acceptors (Lipinski definition) is 2. The molecule has 0 aliphatic heterocycles. The number of nitrogens with two attached hydrogens (primary N) is 1. The highest BCUT2D eigenvalue weighted by Crippen LogP contribution is 2.16. The number of primary amides is 1. The number of rotatable bonds is 5. The molecule has 2 aromatic rings. The monoisotopic (exact) mass is 343 g/mol. The highest BCUT2D eigenvalue weighted by molar-refractivity contribution is 6.30. The predicted molar refractivity (Wildman–Crippen MR) is 96.7 cm³/mol. The van der Waals surface area contributed by atoms with Crippen LogP contribution in [-0.2, 0) is 4.79 Å². The minimum Gasteiger partial charge on any atom is -0.351 e. The van der Waals surface area contributed by atoms with Gasteiger partial charge in [0.2, 0.25) is 5.91 Å². The summed E-state index contributed by atoms with van der Waals surface area (Å²) < 4.78 is 0. The Bertz CT molecular complexity index is 740. The van der Waals surface area contributed by atoms with Crippen LogP contribution in [0.15, 0.2) is 54.6 Å². The van der Waals surface area contributed by atoms with Gasteiger partial charge in [0, 0.05) is 16.8 Å². The Kier molecular flexibility index (Phi) is 5.98. The van der Waals surface area contributed by atoms with E-state index < -0.39 is 6.03 Å². The van der Waals surface area contributed by atoms with Crippen LogP contribution in [0.1, 0.15) is 24.1 Å². The summed E-state index contributed by atoms with van der Waals surface area (Å²) in [5, 5.41) is 6.01. The van der Waals surface area contributed by atoms with Gasteiger partial charge < -0.3 is 16.4 Å². The number of nitrogens with one attached hydrogen (secondary N) is 2. The first-order valence-corrected chi connectivity index (χ1v) is 7.72. The highest BCUT2D eigenvalue weighted by atomic mass is 35.5. The predicted octanol–water partition coefficient (Wildman–Crippen LogP) is 3.72. The summed E-state index contributed by atoms with van der Waals surface area (Å²) in [5.41, 5.74) is 7.47. The van der Waals surface area contributed by atoms with Crippen molar-refractivity contribution >= 4 is 35.3 Å². The van der Waals surface area contributed by atoms with Crippen LogP contribution in [-0.4, -0.2) is 11.9 Å². The van der Waals surface area contributed by atoms with Gasteiger partial charge in [-0.05, 0) is 48.4 Å². The third kappa shape index (κ3) is 5.44. The van der Waals surface area contributed by atoms with E-state index in [1.807, 2.05) is 31.2 Å². The zero-order chi connectivity index (χ0) is 17.5. The van der Waals surface area contributed by atoms with Crippen molar-refractivity contribution in [2.24, 2.45) is 5.73 Å². The molecule has 3 amide bonds. The summed E-state index contributed by atoms with van der Waals surface area (Å²) in [6.45, 7) is 1.88. The van der Waals surface area contributed by atoms with Crippen LogP contribution in [0.25, 0.3) is 6.08 Å². The highest BCUT2D eigenvalue weighted by Gasteiger charge is 2.07. The molecule has 6 heteroatoms. The van der Waals surface area contributed by atoms with Crippen molar-refractivity contribution < 1.29 is 9.59 Å². The summed E-state index contributed by atoms with van der Waals surface area (Å²) in [4.78, 5) is 22.8. The van der Waals surface area contributed by atoms with E-state index in [1.165, 1.54) is 6.08 Å². The van der Waals surface area contributed by atoms with Gasteiger partial charge in [-0.15, -0.1) is 0 Å². The van der Waals surface area contributed by atoms with Crippen LogP contribution in [0.5, 0.6) is 0 Å². The number of hydrogen-bond donors (Lipinski definition) is 3. The van der Waals surface area contributed by atoms with Crippen LogP contribution < -0.4 is 16.4 Å². The van der Waals surface area contributed by atoms with E-state index in [1.54, 1.807) is 30.3 Å². The summed E-state index contributed by atoms with van der Waals surface area (Å²) in [7, 11) is 0. The van der Waals surface area contributed by atoms with E-state index >= 15 is 0 Å². The molecular formula is C18H18ClN3O2. The summed E-state index contributed by atoms with van der Waals surface area (Å²) in [6.07, 6.45) is 3.20. The van der Waals surface area contributed by atoms with E-state index in [4.69, 9.17) is 17.3 Å². The fourth-order valence-electron chi connectivity index (χ4n) is 2.09. The van der Waals surface area contributed by atoms with E-state index in [2.05, 4.69) is 10.6 Å². The summed E-state index contributed by atoms with van der Waals surface area (Å²) >= 11 is 5.82. The van der Waals surface area contributed by atoms with Crippen LogP contribution in [0.3, 0.4) is 0 Å². The third-order valence-corrected chi connectivity index (χ3v) is 3.59. The third-order valence-electron chi connectivity index (χ3n) is 3.33. The standard InChI is InChI=1S/C18H18ClN3O2/c1-12(14-5-9-16(10-6-14)22-18(20)24)21-17(23)11-4-13-2-7-15(19)8-3-13/h2-12H,1H3,(H,21,23)(H3,20,22,24). The first kappa shape index (κ1) is 17.6. The number of carbonyl (C=O) groups excluding carboxylic acids is 2. The maximum absolute atomic E-state index is 12.0. The van der Waals surface area contributed by atoms with E-state index in [0.29, 0.717) is 10.7 Å². The minimum absolute atomic E-state index is 0.171. The van der Waals surface area contributed by atoms with Crippen molar-refractivity contribution in [2.75, 3.05) is 5.32 Å². The van der Waals surface area contributed by atoms with Crippen LogP contribution in [0.2, 0.25) is 5.02 Å². The lowest BCUT2D eigenvalue weighted by Gasteiger charge is -2.13. The Hall–Kier alpha value is -2.79. The molecule has 0 radical (unpaired) electrons. The van der Waals surface area contributed by atoms with Gasteiger partial charge in [0.25, 0.3) is 0 Å². The van der Waals surface area contributed by atoms with Crippen molar-refractivity contribution in [1.82, 2.24) is 5.32 Å². The molecule has 124 valence electrons. The molecule has 0 saturated carbocycles. The Morgan fingerprint density at radius 3 is 2.29 bits per heavy atom. The molecule has 4 N–H and O–H groups in total. The molecule has 0 aliphatic carbocycles. The largest absolute Gasteiger partial charge is 0.351 e. The number of anilines is 1. The lowest BCUT2D eigenvalue weighted by Crippen LogP contribution is -2.24. The zero-order valence-corrected chi connectivity index (χ0v) is 13.9. The van der Waals surface area contributed by atoms with Gasteiger partial charge in [-0.3, -0.25) is 4.79 Å². The quantitative estimate of drug-likeness (QED) is 0.723. The molecule has 2 aromatic carbocycles. The molecule has 0 fully saturated rings. The van der Waals surface area contributed by atoms with Gasteiger partial charge in [0.1, 0.15) is 0 Å². The average molecular weight is 344 g/mol. The topological polar surface area (TPSA) is 84.2 Å². The molecule has 0 aliphatic rings. The molecule has 0 aromatic heterocycles. The van der Waals surface area contributed by atoms with Crippen molar-refractivity contribution in [2.45, 2.75) is 13.0 Å². The van der Waals surface area contributed by atoms with Crippen molar-refractivity contribution in [3.63, 3.8) is 0 Å². The van der Waals surface area contributed by atoms with Gasteiger partial charge in [0.15, 0.2) is 0 Å². The Labute approximate surface area is 145 Å². The van der Waals surface area contributed by atoms with E-state index in [-0.39, 0.29) is 11.9 Å². The number of halogens is 1. The Morgan fingerprint density at radius 2 is 1.71 bits per heavy atom. The second kappa shape index (κ2) is 8.17. The summed E-state index contributed by atoms with van der Waals surface area (Å²) in [6, 6.07) is 13.5. The molecular weight excluding hydrogens is 326 g/mol. The fourth-order valence-corrected chi connectivity index (χ4v) is 2.21. The second-order valence-corrected chi connectivity index (χ2v) is 5.66. The zero-order valence-electron chi connectivity index (χ0n) is 13.1. The van der Waals surface area contributed by atoms with Gasteiger partial charge >= 0.3 is 6.03 Å². The number of benzene rings is 2. The number of amides is 3. The first-order chi connectivity index (χ1) is 11.4. The van der Waals surface area contributed by atoms with Crippen molar-refractivity contribution in [3.05, 3.63) is 70.8 Å². The Morgan fingerprint density at radius 1 is 1.08 bits per heavy atom. The summed E-state index contributed by atoms with van der Waals surface area (Å²) in [5.74, 6) is -0.197. The average Bonchev–Trinajstić information content (AvgIpc) is 2.54. The SMILES string of the molecule is CC(NC(=O)C=Cc1ccc(Cl)cc1)c1ccc(NC(N)=O)cc1. The lowest BCUT2D eigenvalue weighted by atomic mass is 10.1. The molecule has 0 heterocycles. The first-order valence-electron chi connectivity index (χ1n) is 7.34. The molecule has 1 unspecified atom stereocenters. The molecule has 2 rings (SSSR count). The van der Waals surface area contributed by atoms with Gasteiger partial charge in [0.05, 0.1) is 6.04 Å². The van der Waals surface area contributed by atoms with Crippen LogP contribution in [0, 0.1) is 0 Å². The molecule has 0 bridgehead atoms. The van der Waals surface area contributed by atoms with E-state index in [9.17, 15) is 9.59 Å². The number of urea groups is 1. The fraction of sp³-hybridized carbons (Fsp3) is 0.111. The number of carbonyl (C=O) groups is 2. The molecule has 5 nitrogen and oxygen atoms in total. The van der Waals surface area contributed by atoms with Gasteiger partial charge in [-0.25, -0.2) is 4.79 Å². The van der Waals surface area contributed by atoms with Crippen molar-refractivity contribution in [3.8, 4) is 0 Å². The second-order valence-electron chi connectivity index (χ2n) is 5.23. The van der Waals surface area contributed by atoms with Crippen LogP contribution in [0.4, 0.5) is 10.5 Å². The van der Waals surface area contributed by atoms with E-state index in [0.717, 1.165) is 11.1 Å². The van der Waals surface area contributed by atoms with Crippen LogP contribution >= 0.6 is 11.6 Å². The van der Waals surface area contributed by atoms with Gasteiger partial charge in [-0.1, -0.05) is 35.9 Å². The molecule has 24 heavy (non-hydrogen) atoms. The Balaban J connectivity index is 1.93. The normalized spacial score (nSPS) is 11.9. The minimum atomic E-state index is -0.614.